The van der Waals surface area contributed by atoms with Gasteiger partial charge < -0.3 is 24.4 Å². The summed E-state index contributed by atoms with van der Waals surface area (Å²) in [5.74, 6) is -1.41. The molecule has 1 amide bonds. The van der Waals surface area contributed by atoms with E-state index in [9.17, 15) is 14.4 Å². The van der Waals surface area contributed by atoms with Crippen molar-refractivity contribution < 1.29 is 33.0 Å². The predicted molar refractivity (Wildman–Crippen MR) is 160 cm³/mol. The van der Waals surface area contributed by atoms with Gasteiger partial charge in [0.2, 0.25) is 0 Å². The Morgan fingerprint density at radius 1 is 0.909 bits per heavy atom. The van der Waals surface area contributed by atoms with Gasteiger partial charge in [0.05, 0.1) is 11.1 Å². The minimum atomic E-state index is -1.92. The molecule has 0 spiro atoms. The fourth-order valence-corrected chi connectivity index (χ4v) is 4.68. The van der Waals surface area contributed by atoms with Gasteiger partial charge in [0.1, 0.15) is 30.7 Å². The molecule has 4 atom stereocenters. The number of aromatic nitrogens is 2. The fraction of sp³-hybridized carbons (Fsp3) is 0.182. The second kappa shape index (κ2) is 13.7. The highest BCUT2D eigenvalue weighted by Crippen LogP contribution is 2.34. The zero-order chi connectivity index (χ0) is 31.1. The number of halogens is 1. The van der Waals surface area contributed by atoms with Crippen LogP contribution in [-0.2, 0) is 14.2 Å². The Labute approximate surface area is 253 Å². The molecule has 1 fully saturated rings. The van der Waals surface area contributed by atoms with E-state index in [0.29, 0.717) is 16.7 Å². The quantitative estimate of drug-likeness (QED) is 0.248. The molecule has 44 heavy (non-hydrogen) atoms. The average molecular weight is 597 g/mol. The lowest BCUT2D eigenvalue weighted by molar-refractivity contribution is -0.0418. The van der Waals surface area contributed by atoms with Crippen LogP contribution >= 0.6 is 0 Å². The minimum Gasteiger partial charge on any atom is -0.459 e. The van der Waals surface area contributed by atoms with E-state index >= 15 is 4.39 Å². The maximum Gasteiger partial charge on any atom is 0.338 e. The molecule has 0 aliphatic carbocycles. The number of anilines is 2. The van der Waals surface area contributed by atoms with Gasteiger partial charge in [-0.2, -0.15) is 0 Å². The molecule has 5 rings (SSSR count). The SMILES string of the molecule is C=CN(c1ncnc(NC(=O)c2ccccc2)c1C)C1OC(COC(=O)c2ccccc2)[C@@H](OC(=O)c2ccccc2)C1F. The Hall–Kier alpha value is -5.42. The zero-order valence-electron chi connectivity index (χ0n) is 23.7. The van der Waals surface area contributed by atoms with Gasteiger partial charge in [-0.25, -0.2) is 23.9 Å². The Kier molecular flexibility index (Phi) is 9.36. The lowest BCUT2D eigenvalue weighted by Crippen LogP contribution is -2.41. The number of hydrogen-bond acceptors (Lipinski definition) is 9. The first-order valence-corrected chi connectivity index (χ1v) is 13.7. The molecule has 3 unspecified atom stereocenters. The van der Waals surface area contributed by atoms with Crippen LogP contribution in [0.2, 0.25) is 0 Å². The summed E-state index contributed by atoms with van der Waals surface area (Å²) in [6, 6.07) is 25.0. The molecule has 11 heteroatoms. The van der Waals surface area contributed by atoms with E-state index in [1.54, 1.807) is 97.9 Å². The monoisotopic (exact) mass is 596 g/mol. The summed E-state index contributed by atoms with van der Waals surface area (Å²) < 4.78 is 33.3. The number of nitrogens with zero attached hydrogens (tertiary/aromatic N) is 3. The van der Waals surface area contributed by atoms with E-state index in [1.165, 1.54) is 17.4 Å². The lowest BCUT2D eigenvalue weighted by Gasteiger charge is -2.28. The average Bonchev–Trinajstić information content (AvgIpc) is 3.37. The molecule has 1 saturated heterocycles. The van der Waals surface area contributed by atoms with Crippen LogP contribution in [0.1, 0.15) is 36.6 Å². The van der Waals surface area contributed by atoms with E-state index in [2.05, 4.69) is 21.9 Å². The topological polar surface area (TPSA) is 120 Å². The Balaban J connectivity index is 1.39. The zero-order valence-corrected chi connectivity index (χ0v) is 23.7. The van der Waals surface area contributed by atoms with Gasteiger partial charge in [-0.05, 0) is 43.3 Å². The highest BCUT2D eigenvalue weighted by Gasteiger charge is 2.51. The molecule has 1 aromatic heterocycles. The Bertz CT molecular complexity index is 1620. The summed E-state index contributed by atoms with van der Waals surface area (Å²) >= 11 is 0. The molecule has 10 nitrogen and oxygen atoms in total. The number of carbonyl (C=O) groups is 3. The molecule has 224 valence electrons. The van der Waals surface area contributed by atoms with Crippen LogP contribution in [0.3, 0.4) is 0 Å². The third-order valence-electron chi connectivity index (χ3n) is 6.95. The van der Waals surface area contributed by atoms with Crippen molar-refractivity contribution in [1.82, 2.24) is 9.97 Å². The third-order valence-corrected chi connectivity index (χ3v) is 6.95. The van der Waals surface area contributed by atoms with Gasteiger partial charge in [-0.3, -0.25) is 4.79 Å². The molecule has 0 saturated carbocycles. The first-order valence-electron chi connectivity index (χ1n) is 13.7. The van der Waals surface area contributed by atoms with Crippen LogP contribution in [0.4, 0.5) is 16.0 Å². The molecule has 1 aliphatic rings. The van der Waals surface area contributed by atoms with E-state index in [0.717, 1.165) is 0 Å². The van der Waals surface area contributed by atoms with Crippen LogP contribution in [-0.4, -0.2) is 59.0 Å². The highest BCUT2D eigenvalue weighted by molar-refractivity contribution is 6.04. The summed E-state index contributed by atoms with van der Waals surface area (Å²) in [5.41, 5.74) is 1.34. The van der Waals surface area contributed by atoms with Gasteiger partial charge in [0, 0.05) is 17.3 Å². The summed E-state index contributed by atoms with van der Waals surface area (Å²) in [6.45, 7) is 5.06. The predicted octanol–water partition coefficient (Wildman–Crippen LogP) is 5.13. The van der Waals surface area contributed by atoms with Crippen molar-refractivity contribution in [2.24, 2.45) is 0 Å². The molecule has 2 heterocycles. The first-order chi connectivity index (χ1) is 21.4. The van der Waals surface area contributed by atoms with Crippen molar-refractivity contribution in [3.63, 3.8) is 0 Å². The Morgan fingerprint density at radius 3 is 2.07 bits per heavy atom. The van der Waals surface area contributed by atoms with Crippen LogP contribution in [0, 0.1) is 6.92 Å². The summed E-state index contributed by atoms with van der Waals surface area (Å²) in [5, 5.41) is 2.75. The lowest BCUT2D eigenvalue weighted by atomic mass is 10.1. The summed E-state index contributed by atoms with van der Waals surface area (Å²) in [6.07, 6.45) is -3.39. The molecule has 4 aromatic rings. The van der Waals surface area contributed by atoms with E-state index < -0.39 is 49.1 Å². The number of hydrogen-bond donors (Lipinski definition) is 1. The number of nitrogens with one attached hydrogen (secondary N) is 1. The van der Waals surface area contributed by atoms with Crippen molar-refractivity contribution in [1.29, 1.82) is 0 Å². The Morgan fingerprint density at radius 2 is 1.48 bits per heavy atom. The minimum absolute atomic E-state index is 0.195. The van der Waals surface area contributed by atoms with Gasteiger partial charge >= 0.3 is 11.9 Å². The van der Waals surface area contributed by atoms with Crippen LogP contribution in [0.25, 0.3) is 0 Å². The van der Waals surface area contributed by atoms with Gasteiger partial charge in [-0.15, -0.1) is 0 Å². The maximum atomic E-state index is 16.3. The summed E-state index contributed by atoms with van der Waals surface area (Å²) in [7, 11) is 0. The van der Waals surface area contributed by atoms with Gasteiger partial charge in [0.25, 0.3) is 5.91 Å². The van der Waals surface area contributed by atoms with Gasteiger partial charge in [-0.1, -0.05) is 61.2 Å². The first kappa shape index (κ1) is 30.1. The molecule has 0 bridgehead atoms. The standard InChI is InChI=1S/C33H29FN4O6/c1-3-38(29-21(2)28(35-20-36-29)37-30(39)22-13-7-4-8-14-22)31-26(34)27(44-33(41)24-17-11-6-12-18-24)25(43-31)19-42-32(40)23-15-9-5-10-16-23/h3-18,20,25-27,31H,1,19H2,2H3,(H,35,36,37,39)/t25?,26?,27-,31?/m1/s1. The number of rotatable bonds is 10. The largest absolute Gasteiger partial charge is 0.459 e. The molecular formula is C33H29FN4O6. The highest BCUT2D eigenvalue weighted by atomic mass is 19.1. The number of amides is 1. The van der Waals surface area contributed by atoms with Crippen LogP contribution in [0.15, 0.2) is 110 Å². The fourth-order valence-electron chi connectivity index (χ4n) is 4.68. The third kappa shape index (κ3) is 6.63. The van der Waals surface area contributed by atoms with E-state index in [4.69, 9.17) is 14.2 Å². The second-order valence-corrected chi connectivity index (χ2v) is 9.79. The maximum absolute atomic E-state index is 16.3. The molecule has 3 aromatic carbocycles. The van der Waals surface area contributed by atoms with Crippen molar-refractivity contribution >= 4 is 29.5 Å². The van der Waals surface area contributed by atoms with Crippen molar-refractivity contribution in [2.45, 2.75) is 31.5 Å². The molecular weight excluding hydrogens is 567 g/mol. The number of alkyl halides is 1. The molecule has 1 aliphatic heterocycles. The molecule has 0 radical (unpaired) electrons. The number of esters is 2. The van der Waals surface area contributed by atoms with Crippen LogP contribution < -0.4 is 10.2 Å². The van der Waals surface area contributed by atoms with Crippen molar-refractivity contribution in [3.05, 3.63) is 132 Å². The number of benzene rings is 3. The summed E-state index contributed by atoms with van der Waals surface area (Å²) in [4.78, 5) is 48.2. The number of ether oxygens (including phenoxy) is 3. The van der Waals surface area contributed by atoms with Gasteiger partial charge in [0.15, 0.2) is 18.5 Å². The smallest absolute Gasteiger partial charge is 0.338 e. The number of carbonyl (C=O) groups excluding carboxylic acids is 3. The normalized spacial score (nSPS) is 19.0. The van der Waals surface area contributed by atoms with Crippen LogP contribution in [0.5, 0.6) is 0 Å². The van der Waals surface area contributed by atoms with E-state index in [-0.39, 0.29) is 17.2 Å². The van der Waals surface area contributed by atoms with E-state index in [1.807, 2.05) is 0 Å². The van der Waals surface area contributed by atoms with Crippen molar-refractivity contribution in [2.75, 3.05) is 16.8 Å². The second-order valence-electron chi connectivity index (χ2n) is 9.79. The van der Waals surface area contributed by atoms with Crippen molar-refractivity contribution in [3.8, 4) is 0 Å². The molecule has 1 N–H and O–H groups in total.